The molecule has 0 saturated carbocycles. The van der Waals surface area contributed by atoms with Crippen LogP contribution >= 0.6 is 0 Å². The van der Waals surface area contributed by atoms with Crippen LogP contribution in [0.4, 0.5) is 0 Å². The fourth-order valence-corrected chi connectivity index (χ4v) is 1.87. The fourth-order valence-electron chi connectivity index (χ4n) is 1.87. The number of aryl methyl sites for hydroxylation is 2. The second-order valence-electron chi connectivity index (χ2n) is 4.20. The van der Waals surface area contributed by atoms with E-state index in [1.54, 1.807) is 6.92 Å². The Balaban J connectivity index is 2.40. The first-order valence-corrected chi connectivity index (χ1v) is 5.88. The van der Waals surface area contributed by atoms with Crippen molar-refractivity contribution in [2.24, 2.45) is 0 Å². The molecule has 0 fully saturated rings. The summed E-state index contributed by atoms with van der Waals surface area (Å²) in [5, 5.41) is 12.7. The number of carbonyl (C=O) groups is 1. The number of aliphatic carboxylic acids is 1. The molecule has 1 N–H and O–H groups in total. The molecule has 0 aliphatic heterocycles. The van der Waals surface area contributed by atoms with E-state index < -0.39 is 5.97 Å². The topological polar surface area (TPSA) is 63.3 Å². The Morgan fingerprint density at radius 2 is 2.00 bits per heavy atom. The van der Waals surface area contributed by atoms with Crippen molar-refractivity contribution in [1.82, 2.24) is 5.16 Å². The predicted octanol–water partition coefficient (Wildman–Crippen LogP) is 2.84. The predicted molar refractivity (Wildman–Crippen MR) is 67.4 cm³/mol. The molecule has 0 aliphatic carbocycles. The zero-order valence-corrected chi connectivity index (χ0v) is 10.4. The lowest BCUT2D eigenvalue weighted by Crippen LogP contribution is -2.01. The van der Waals surface area contributed by atoms with Crippen LogP contribution in [-0.2, 0) is 17.6 Å². The molecule has 2 aromatic rings. The summed E-state index contributed by atoms with van der Waals surface area (Å²) < 4.78 is 5.24. The van der Waals surface area contributed by atoms with Crippen LogP contribution in [0.15, 0.2) is 28.8 Å². The van der Waals surface area contributed by atoms with Gasteiger partial charge in [-0.25, -0.2) is 0 Å². The molecule has 4 nitrogen and oxygen atoms in total. The highest BCUT2D eigenvalue weighted by Gasteiger charge is 2.17. The average Bonchev–Trinajstić information content (AvgIpc) is 2.71. The third-order valence-corrected chi connectivity index (χ3v) is 2.94. The Hall–Kier alpha value is -2.10. The summed E-state index contributed by atoms with van der Waals surface area (Å²) in [6.07, 6.45) is 0.901. The molecule has 2 rings (SSSR count). The molecule has 1 aromatic carbocycles. The van der Waals surface area contributed by atoms with Gasteiger partial charge in [0.25, 0.3) is 0 Å². The highest BCUT2D eigenvalue weighted by molar-refractivity contribution is 5.75. The molecule has 0 amide bonds. The van der Waals surface area contributed by atoms with Crippen molar-refractivity contribution in [3.63, 3.8) is 0 Å². The van der Waals surface area contributed by atoms with E-state index in [4.69, 9.17) is 9.63 Å². The van der Waals surface area contributed by atoms with Gasteiger partial charge in [0, 0.05) is 11.1 Å². The maximum absolute atomic E-state index is 10.8. The minimum atomic E-state index is -0.882. The number of hydrogen-bond acceptors (Lipinski definition) is 3. The summed E-state index contributed by atoms with van der Waals surface area (Å²) in [7, 11) is 0. The van der Waals surface area contributed by atoms with Crippen LogP contribution < -0.4 is 0 Å². The van der Waals surface area contributed by atoms with Gasteiger partial charge in [0.15, 0.2) is 5.76 Å². The van der Waals surface area contributed by atoms with E-state index >= 15 is 0 Å². The minimum absolute atomic E-state index is 0.0693. The summed E-state index contributed by atoms with van der Waals surface area (Å²) in [6, 6.07) is 7.89. The summed E-state index contributed by atoms with van der Waals surface area (Å²) in [6.45, 7) is 3.84. The number of benzene rings is 1. The van der Waals surface area contributed by atoms with Gasteiger partial charge in [-0.05, 0) is 18.9 Å². The zero-order valence-electron chi connectivity index (χ0n) is 10.4. The monoisotopic (exact) mass is 245 g/mol. The van der Waals surface area contributed by atoms with Crippen molar-refractivity contribution < 1.29 is 14.4 Å². The van der Waals surface area contributed by atoms with Crippen molar-refractivity contribution in [3.05, 3.63) is 41.1 Å². The van der Waals surface area contributed by atoms with E-state index in [9.17, 15) is 4.79 Å². The number of carboxylic acids is 1. The van der Waals surface area contributed by atoms with Crippen LogP contribution in [0.5, 0.6) is 0 Å². The minimum Gasteiger partial charge on any atom is -0.481 e. The van der Waals surface area contributed by atoms with Crippen molar-refractivity contribution >= 4 is 5.97 Å². The summed E-state index contributed by atoms with van der Waals surface area (Å²) >= 11 is 0. The molecule has 1 aromatic heterocycles. The summed E-state index contributed by atoms with van der Waals surface area (Å²) in [4.78, 5) is 10.8. The van der Waals surface area contributed by atoms with Gasteiger partial charge >= 0.3 is 5.97 Å². The quantitative estimate of drug-likeness (QED) is 0.899. The highest BCUT2D eigenvalue weighted by Crippen LogP contribution is 2.27. The van der Waals surface area contributed by atoms with Crippen LogP contribution in [0.1, 0.15) is 23.7 Å². The molecule has 0 bridgehead atoms. The van der Waals surface area contributed by atoms with Gasteiger partial charge in [0.2, 0.25) is 0 Å². The Morgan fingerprint density at radius 3 is 2.56 bits per heavy atom. The lowest BCUT2D eigenvalue weighted by Gasteiger charge is -2.01. The number of rotatable bonds is 4. The number of hydrogen-bond donors (Lipinski definition) is 1. The fraction of sp³-hybridized carbons (Fsp3) is 0.286. The normalized spacial score (nSPS) is 10.6. The van der Waals surface area contributed by atoms with Crippen LogP contribution in [0.2, 0.25) is 0 Å². The average molecular weight is 245 g/mol. The lowest BCUT2D eigenvalue weighted by molar-refractivity contribution is -0.136. The maximum Gasteiger partial charge on any atom is 0.308 e. The third kappa shape index (κ3) is 2.42. The van der Waals surface area contributed by atoms with Crippen LogP contribution in [0.3, 0.4) is 0 Å². The molecule has 18 heavy (non-hydrogen) atoms. The largest absolute Gasteiger partial charge is 0.481 e. The standard InChI is InChI=1S/C14H15NO3/c1-3-10-4-6-11(7-5-10)14-12(8-13(16)17)9(2)15-18-14/h4-7H,3,8H2,1-2H3,(H,16,17). The second-order valence-corrected chi connectivity index (χ2v) is 4.20. The molecule has 0 atom stereocenters. The number of aromatic nitrogens is 1. The van der Waals surface area contributed by atoms with Gasteiger partial charge in [-0.3, -0.25) is 4.79 Å². The van der Waals surface area contributed by atoms with Gasteiger partial charge in [-0.15, -0.1) is 0 Å². The zero-order chi connectivity index (χ0) is 13.1. The van der Waals surface area contributed by atoms with Crippen LogP contribution in [0, 0.1) is 6.92 Å². The van der Waals surface area contributed by atoms with Gasteiger partial charge in [0.1, 0.15) is 0 Å². The third-order valence-electron chi connectivity index (χ3n) is 2.94. The van der Waals surface area contributed by atoms with E-state index in [2.05, 4.69) is 12.1 Å². The second kappa shape index (κ2) is 5.04. The van der Waals surface area contributed by atoms with Gasteiger partial charge in [-0.1, -0.05) is 36.3 Å². The Kier molecular flexibility index (Phi) is 3.46. The Morgan fingerprint density at radius 1 is 1.33 bits per heavy atom. The first-order chi connectivity index (χ1) is 8.61. The van der Waals surface area contributed by atoms with Crippen molar-refractivity contribution in [1.29, 1.82) is 0 Å². The molecule has 4 heteroatoms. The van der Waals surface area contributed by atoms with Gasteiger partial charge in [-0.2, -0.15) is 0 Å². The molecule has 0 aliphatic rings. The van der Waals surface area contributed by atoms with Crippen LogP contribution in [0.25, 0.3) is 11.3 Å². The van der Waals surface area contributed by atoms with Gasteiger partial charge in [0.05, 0.1) is 12.1 Å². The molecule has 0 spiro atoms. The molecule has 0 radical (unpaired) electrons. The molecule has 94 valence electrons. The van der Waals surface area contributed by atoms with Crippen molar-refractivity contribution in [2.45, 2.75) is 26.7 Å². The van der Waals surface area contributed by atoms with Gasteiger partial charge < -0.3 is 9.63 Å². The van der Waals surface area contributed by atoms with Crippen molar-refractivity contribution in [2.75, 3.05) is 0 Å². The van der Waals surface area contributed by atoms with E-state index in [0.717, 1.165) is 12.0 Å². The number of nitrogens with zero attached hydrogens (tertiary/aromatic N) is 1. The maximum atomic E-state index is 10.8. The Bertz CT molecular complexity index is 555. The molecule has 1 heterocycles. The highest BCUT2D eigenvalue weighted by atomic mass is 16.5. The Labute approximate surface area is 105 Å². The first kappa shape index (κ1) is 12.4. The summed E-state index contributed by atoms with van der Waals surface area (Å²) in [5.41, 5.74) is 3.37. The molecule has 0 saturated heterocycles. The van der Waals surface area contributed by atoms with E-state index in [1.807, 2.05) is 24.3 Å². The van der Waals surface area contributed by atoms with E-state index in [0.29, 0.717) is 17.0 Å². The lowest BCUT2D eigenvalue weighted by atomic mass is 10.0. The SMILES string of the molecule is CCc1ccc(-c2onc(C)c2CC(=O)O)cc1. The smallest absolute Gasteiger partial charge is 0.308 e. The first-order valence-electron chi connectivity index (χ1n) is 5.88. The summed E-state index contributed by atoms with van der Waals surface area (Å²) in [5.74, 6) is -0.328. The molecular formula is C14H15NO3. The van der Waals surface area contributed by atoms with Crippen molar-refractivity contribution in [3.8, 4) is 11.3 Å². The molecular weight excluding hydrogens is 230 g/mol. The van der Waals surface area contributed by atoms with E-state index in [1.165, 1.54) is 5.56 Å². The number of carboxylic acid groups (broad SMARTS) is 1. The van der Waals surface area contributed by atoms with E-state index in [-0.39, 0.29) is 6.42 Å². The molecule has 0 unspecified atom stereocenters. The van der Waals surface area contributed by atoms with Crippen LogP contribution in [-0.4, -0.2) is 16.2 Å².